The molecule has 1 aliphatic rings. The summed E-state index contributed by atoms with van der Waals surface area (Å²) in [6.07, 6.45) is 8.39. The molecule has 1 aliphatic carbocycles. The van der Waals surface area contributed by atoms with Crippen LogP contribution in [-0.2, 0) is 0 Å². The second kappa shape index (κ2) is 4.72. The van der Waals surface area contributed by atoms with E-state index in [4.69, 9.17) is 0 Å². The van der Waals surface area contributed by atoms with Crippen LogP contribution in [-0.4, -0.2) is 21.1 Å². The van der Waals surface area contributed by atoms with Crippen LogP contribution in [0.15, 0.2) is 18.7 Å². The summed E-state index contributed by atoms with van der Waals surface area (Å²) in [5.74, 6) is 0.634. The van der Waals surface area contributed by atoms with Crippen LogP contribution in [0.1, 0.15) is 32.7 Å². The Hall–Kier alpha value is -1.36. The molecule has 0 amide bonds. The smallest absolute Gasteiger partial charge is 0.183 e. The number of thiazole rings is 1. The van der Waals surface area contributed by atoms with Crippen LogP contribution in [0.2, 0.25) is 0 Å². The van der Waals surface area contributed by atoms with Gasteiger partial charge < -0.3 is 9.88 Å². The first-order chi connectivity index (χ1) is 8.74. The molecule has 1 N–H and O–H groups in total. The third-order valence-corrected chi connectivity index (χ3v) is 4.00. The van der Waals surface area contributed by atoms with Crippen molar-refractivity contribution in [1.29, 1.82) is 0 Å². The van der Waals surface area contributed by atoms with Gasteiger partial charge in [0.2, 0.25) is 0 Å². The van der Waals surface area contributed by atoms with Crippen molar-refractivity contribution in [2.24, 2.45) is 5.92 Å². The number of rotatable bonds is 5. The van der Waals surface area contributed by atoms with Crippen molar-refractivity contribution in [3.05, 3.63) is 18.7 Å². The molecule has 1 fully saturated rings. The predicted octanol–water partition coefficient (Wildman–Crippen LogP) is 3.41. The second-order valence-corrected chi connectivity index (χ2v) is 6.25. The van der Waals surface area contributed by atoms with Gasteiger partial charge >= 0.3 is 0 Å². The van der Waals surface area contributed by atoms with Gasteiger partial charge in [-0.1, -0.05) is 25.2 Å². The number of nitrogens with one attached hydrogen (secondary N) is 1. The Kier molecular flexibility index (Phi) is 3.07. The van der Waals surface area contributed by atoms with Gasteiger partial charge in [-0.25, -0.2) is 9.97 Å². The molecule has 0 atom stereocenters. The standard InChI is InChI=1S/C13H18N4S/c1-9(2)5-15-13-16-7-12(18-13)11-6-14-8-17(11)10-3-4-10/h6-10H,3-5H2,1-2H3,(H,15,16). The van der Waals surface area contributed by atoms with Gasteiger partial charge in [0.05, 0.1) is 23.1 Å². The van der Waals surface area contributed by atoms with E-state index in [1.165, 1.54) is 23.4 Å². The fourth-order valence-electron chi connectivity index (χ4n) is 1.90. The van der Waals surface area contributed by atoms with E-state index >= 15 is 0 Å². The number of hydrogen-bond acceptors (Lipinski definition) is 4. The lowest BCUT2D eigenvalue weighted by atomic mass is 10.2. The monoisotopic (exact) mass is 262 g/mol. The van der Waals surface area contributed by atoms with Crippen LogP contribution in [0, 0.1) is 5.92 Å². The maximum Gasteiger partial charge on any atom is 0.183 e. The van der Waals surface area contributed by atoms with Gasteiger partial charge in [-0.3, -0.25) is 0 Å². The third-order valence-electron chi connectivity index (χ3n) is 3.03. The van der Waals surface area contributed by atoms with E-state index in [-0.39, 0.29) is 0 Å². The summed E-state index contributed by atoms with van der Waals surface area (Å²) in [5.41, 5.74) is 1.20. The quantitative estimate of drug-likeness (QED) is 0.898. The minimum absolute atomic E-state index is 0.634. The van der Waals surface area contributed by atoms with Crippen molar-refractivity contribution in [1.82, 2.24) is 14.5 Å². The molecule has 0 spiro atoms. The molecule has 2 aromatic heterocycles. The molecule has 0 aliphatic heterocycles. The SMILES string of the molecule is CC(C)CNc1ncc(-c2cncn2C2CC2)s1. The summed E-state index contributed by atoms with van der Waals surface area (Å²) in [6, 6.07) is 0.664. The van der Waals surface area contributed by atoms with Crippen LogP contribution in [0.5, 0.6) is 0 Å². The normalized spacial score (nSPS) is 15.3. The van der Waals surface area contributed by atoms with Crippen molar-refractivity contribution in [2.45, 2.75) is 32.7 Å². The van der Waals surface area contributed by atoms with Gasteiger partial charge in [-0.2, -0.15) is 0 Å². The molecule has 3 rings (SSSR count). The lowest BCUT2D eigenvalue weighted by molar-refractivity contribution is 0.688. The van der Waals surface area contributed by atoms with Gasteiger partial charge in [-0.15, -0.1) is 0 Å². The van der Waals surface area contributed by atoms with E-state index in [1.54, 1.807) is 11.3 Å². The van der Waals surface area contributed by atoms with Crippen molar-refractivity contribution in [2.75, 3.05) is 11.9 Å². The van der Waals surface area contributed by atoms with E-state index in [0.717, 1.165) is 11.7 Å². The predicted molar refractivity (Wildman–Crippen MR) is 74.9 cm³/mol. The summed E-state index contributed by atoms with van der Waals surface area (Å²) in [4.78, 5) is 9.90. The molecule has 5 heteroatoms. The van der Waals surface area contributed by atoms with Gasteiger partial charge in [0.25, 0.3) is 0 Å². The molecule has 0 radical (unpaired) electrons. The Morgan fingerprint density at radius 1 is 1.44 bits per heavy atom. The Balaban J connectivity index is 1.77. The Bertz CT molecular complexity index is 525. The number of anilines is 1. The minimum Gasteiger partial charge on any atom is -0.361 e. The average Bonchev–Trinajstić information content (AvgIpc) is 2.91. The van der Waals surface area contributed by atoms with Gasteiger partial charge in [-0.05, 0) is 18.8 Å². The summed E-state index contributed by atoms with van der Waals surface area (Å²) in [7, 11) is 0. The topological polar surface area (TPSA) is 42.7 Å². The number of hydrogen-bond donors (Lipinski definition) is 1. The van der Waals surface area contributed by atoms with Crippen molar-refractivity contribution < 1.29 is 0 Å². The molecule has 1 saturated carbocycles. The fourth-order valence-corrected chi connectivity index (χ4v) is 2.74. The Morgan fingerprint density at radius 2 is 2.28 bits per heavy atom. The average molecular weight is 262 g/mol. The van der Waals surface area contributed by atoms with Crippen LogP contribution >= 0.6 is 11.3 Å². The van der Waals surface area contributed by atoms with Crippen LogP contribution in [0.4, 0.5) is 5.13 Å². The first-order valence-corrected chi connectivity index (χ1v) is 7.27. The van der Waals surface area contributed by atoms with E-state index in [1.807, 2.05) is 18.7 Å². The third kappa shape index (κ3) is 2.41. The summed E-state index contributed by atoms with van der Waals surface area (Å²) >= 11 is 1.71. The summed E-state index contributed by atoms with van der Waals surface area (Å²) in [5, 5.41) is 4.37. The molecular weight excluding hydrogens is 244 g/mol. The van der Waals surface area contributed by atoms with E-state index in [9.17, 15) is 0 Å². The van der Waals surface area contributed by atoms with Gasteiger partial charge in [0.1, 0.15) is 0 Å². The molecule has 0 aromatic carbocycles. The van der Waals surface area contributed by atoms with Crippen LogP contribution in [0.3, 0.4) is 0 Å². The maximum atomic E-state index is 4.43. The molecule has 96 valence electrons. The number of imidazole rings is 1. The highest BCUT2D eigenvalue weighted by molar-refractivity contribution is 7.18. The first-order valence-electron chi connectivity index (χ1n) is 6.46. The molecule has 2 heterocycles. The van der Waals surface area contributed by atoms with Crippen molar-refractivity contribution in [3.8, 4) is 10.6 Å². The Labute approximate surface area is 111 Å². The lowest BCUT2D eigenvalue weighted by Gasteiger charge is -2.05. The van der Waals surface area contributed by atoms with Gasteiger partial charge in [0, 0.05) is 18.8 Å². The highest BCUT2D eigenvalue weighted by Gasteiger charge is 2.26. The molecule has 0 saturated heterocycles. The molecular formula is C13H18N4S. The van der Waals surface area contributed by atoms with Crippen molar-refractivity contribution >= 4 is 16.5 Å². The molecule has 18 heavy (non-hydrogen) atoms. The Morgan fingerprint density at radius 3 is 3.00 bits per heavy atom. The molecule has 0 unspecified atom stereocenters. The maximum absolute atomic E-state index is 4.43. The number of aromatic nitrogens is 3. The zero-order chi connectivity index (χ0) is 12.5. The van der Waals surface area contributed by atoms with Gasteiger partial charge in [0.15, 0.2) is 5.13 Å². The molecule has 4 nitrogen and oxygen atoms in total. The zero-order valence-corrected chi connectivity index (χ0v) is 11.6. The van der Waals surface area contributed by atoms with Crippen LogP contribution in [0.25, 0.3) is 10.6 Å². The zero-order valence-electron chi connectivity index (χ0n) is 10.8. The van der Waals surface area contributed by atoms with Crippen LogP contribution < -0.4 is 5.32 Å². The molecule has 0 bridgehead atoms. The van der Waals surface area contributed by atoms with Crippen molar-refractivity contribution in [3.63, 3.8) is 0 Å². The molecule has 2 aromatic rings. The highest BCUT2D eigenvalue weighted by atomic mass is 32.1. The lowest BCUT2D eigenvalue weighted by Crippen LogP contribution is -2.07. The summed E-state index contributed by atoms with van der Waals surface area (Å²) in [6.45, 7) is 5.36. The largest absolute Gasteiger partial charge is 0.361 e. The summed E-state index contributed by atoms with van der Waals surface area (Å²) < 4.78 is 2.28. The van der Waals surface area contributed by atoms with E-state index < -0.39 is 0 Å². The highest BCUT2D eigenvalue weighted by Crippen LogP contribution is 2.39. The minimum atomic E-state index is 0.634. The first kappa shape index (κ1) is 11.7. The van der Waals surface area contributed by atoms with E-state index in [0.29, 0.717) is 12.0 Å². The fraction of sp³-hybridized carbons (Fsp3) is 0.538. The number of nitrogens with zero attached hydrogens (tertiary/aromatic N) is 3. The second-order valence-electron chi connectivity index (χ2n) is 5.22. The van der Waals surface area contributed by atoms with E-state index in [2.05, 4.69) is 33.7 Å².